The number of aliphatic imine (C=N–C) groups is 1. The van der Waals surface area contributed by atoms with Crippen LogP contribution in [0.5, 0.6) is 0 Å². The van der Waals surface area contributed by atoms with Gasteiger partial charge in [-0.3, -0.25) is 10.1 Å². The zero-order valence-electron chi connectivity index (χ0n) is 12.1. The van der Waals surface area contributed by atoms with Gasteiger partial charge in [-0.1, -0.05) is 11.6 Å². The van der Waals surface area contributed by atoms with Gasteiger partial charge in [-0.25, -0.2) is 4.99 Å². The van der Waals surface area contributed by atoms with E-state index in [9.17, 15) is 15.4 Å². The van der Waals surface area contributed by atoms with Gasteiger partial charge in [0, 0.05) is 33.8 Å². The summed E-state index contributed by atoms with van der Waals surface area (Å²) >= 11 is 7.59. The number of nitro benzene ring substituents is 1. The summed E-state index contributed by atoms with van der Waals surface area (Å²) in [4.78, 5) is 16.0. The van der Waals surface area contributed by atoms with Gasteiger partial charge >= 0.3 is 0 Å². The molecule has 0 fully saturated rings. The van der Waals surface area contributed by atoms with Gasteiger partial charge in [-0.15, -0.1) is 11.3 Å². The number of hydrogen-bond acceptors (Lipinski definition) is 5. The molecule has 2 aromatic rings. The van der Waals surface area contributed by atoms with E-state index in [1.807, 2.05) is 0 Å². The highest BCUT2D eigenvalue weighted by atomic mass is 35.5. The second-order valence-electron chi connectivity index (χ2n) is 5.22. The first-order valence-corrected chi connectivity index (χ1v) is 8.32. The molecule has 1 aromatic heterocycles. The van der Waals surface area contributed by atoms with Gasteiger partial charge in [0.15, 0.2) is 0 Å². The average molecular weight is 346 g/mol. The molecule has 23 heavy (non-hydrogen) atoms. The molecule has 0 radical (unpaired) electrons. The van der Waals surface area contributed by atoms with Crippen LogP contribution in [0.15, 0.2) is 23.2 Å². The predicted octanol–water partition coefficient (Wildman–Crippen LogP) is 4.81. The van der Waals surface area contributed by atoms with Gasteiger partial charge in [0.05, 0.1) is 10.5 Å². The Bertz CT molecular complexity index is 852. The Kier molecular flexibility index (Phi) is 4.42. The van der Waals surface area contributed by atoms with Gasteiger partial charge in [-0.05, 0) is 37.3 Å². The molecule has 5 nitrogen and oxygen atoms in total. The van der Waals surface area contributed by atoms with Gasteiger partial charge < -0.3 is 0 Å². The minimum atomic E-state index is -0.474. The lowest BCUT2D eigenvalue weighted by Gasteiger charge is -2.09. The Morgan fingerprint density at radius 3 is 2.91 bits per heavy atom. The number of non-ortho nitro benzene ring substituents is 1. The van der Waals surface area contributed by atoms with Crippen molar-refractivity contribution in [2.75, 3.05) is 0 Å². The maximum Gasteiger partial charge on any atom is 0.270 e. The Balaban J connectivity index is 1.98. The van der Waals surface area contributed by atoms with Crippen LogP contribution in [0.2, 0.25) is 5.02 Å². The minimum absolute atomic E-state index is 0.0400. The summed E-state index contributed by atoms with van der Waals surface area (Å²) in [7, 11) is 0. The molecule has 0 saturated heterocycles. The summed E-state index contributed by atoms with van der Waals surface area (Å²) < 4.78 is 0. The zero-order valence-corrected chi connectivity index (χ0v) is 13.7. The molecule has 0 N–H and O–H groups in total. The Morgan fingerprint density at radius 2 is 2.17 bits per heavy atom. The van der Waals surface area contributed by atoms with Crippen LogP contribution in [0.1, 0.15) is 34.4 Å². The van der Waals surface area contributed by atoms with Gasteiger partial charge in [-0.2, -0.15) is 5.26 Å². The van der Waals surface area contributed by atoms with Crippen LogP contribution in [-0.4, -0.2) is 11.1 Å². The summed E-state index contributed by atoms with van der Waals surface area (Å²) in [6.07, 6.45) is 5.63. The molecule has 0 unspecified atom stereocenters. The molecule has 3 rings (SSSR count). The molecular formula is C16H12ClN3O2S. The van der Waals surface area contributed by atoms with Crippen LogP contribution in [0, 0.1) is 21.4 Å². The monoisotopic (exact) mass is 345 g/mol. The predicted molar refractivity (Wildman–Crippen MR) is 91.0 cm³/mol. The van der Waals surface area contributed by atoms with Crippen LogP contribution in [0.25, 0.3) is 0 Å². The third kappa shape index (κ3) is 3.11. The molecule has 0 aliphatic heterocycles. The van der Waals surface area contributed by atoms with Crippen molar-refractivity contribution in [2.24, 2.45) is 4.99 Å². The van der Waals surface area contributed by atoms with Gasteiger partial charge in [0.1, 0.15) is 11.1 Å². The first-order chi connectivity index (χ1) is 11.1. The van der Waals surface area contributed by atoms with Crippen LogP contribution >= 0.6 is 22.9 Å². The van der Waals surface area contributed by atoms with Crippen LogP contribution in [0.3, 0.4) is 0 Å². The van der Waals surface area contributed by atoms with E-state index in [-0.39, 0.29) is 5.69 Å². The largest absolute Gasteiger partial charge is 0.270 e. The second-order valence-corrected chi connectivity index (χ2v) is 6.71. The first kappa shape index (κ1) is 15.7. The van der Waals surface area contributed by atoms with Crippen molar-refractivity contribution < 1.29 is 4.92 Å². The molecule has 1 aromatic carbocycles. The van der Waals surface area contributed by atoms with E-state index in [2.05, 4.69) is 11.1 Å². The first-order valence-electron chi connectivity index (χ1n) is 7.13. The standard InChI is InChI=1S/C16H12ClN3O2S/c17-14-6-5-11(20(21)22)7-10(14)9-19-16-13(8-18)12-3-1-2-4-15(12)23-16/h5-7,9H,1-4H2. The maximum atomic E-state index is 10.8. The third-order valence-corrected chi connectivity index (χ3v) is 5.32. The fourth-order valence-electron chi connectivity index (χ4n) is 2.63. The SMILES string of the molecule is N#Cc1c(N=Cc2cc([N+](=O)[O-])ccc2Cl)sc2c1CCCC2. The minimum Gasteiger partial charge on any atom is -0.258 e. The molecule has 116 valence electrons. The van der Waals surface area contributed by atoms with E-state index in [1.54, 1.807) is 0 Å². The third-order valence-electron chi connectivity index (χ3n) is 3.78. The summed E-state index contributed by atoms with van der Waals surface area (Å²) in [5.74, 6) is 0. The molecule has 1 heterocycles. The number of nitriles is 1. The molecule has 0 saturated carbocycles. The van der Waals surface area contributed by atoms with E-state index in [0.717, 1.165) is 31.2 Å². The summed E-state index contributed by atoms with van der Waals surface area (Å²) in [6.45, 7) is 0. The highest BCUT2D eigenvalue weighted by molar-refractivity contribution is 7.16. The van der Waals surface area contributed by atoms with Crippen LogP contribution in [-0.2, 0) is 12.8 Å². The topological polar surface area (TPSA) is 79.3 Å². The number of nitro groups is 1. The number of fused-ring (bicyclic) bond motifs is 1. The normalized spacial score (nSPS) is 13.7. The molecule has 1 aliphatic carbocycles. The van der Waals surface area contributed by atoms with Gasteiger partial charge in [0.25, 0.3) is 5.69 Å². The van der Waals surface area contributed by atoms with Crippen molar-refractivity contribution in [3.63, 3.8) is 0 Å². The zero-order chi connectivity index (χ0) is 16.4. The van der Waals surface area contributed by atoms with E-state index in [4.69, 9.17) is 11.6 Å². The molecule has 0 amide bonds. The number of rotatable bonds is 3. The maximum absolute atomic E-state index is 10.8. The van der Waals surface area contributed by atoms with Crippen molar-refractivity contribution in [2.45, 2.75) is 25.7 Å². The molecule has 0 atom stereocenters. The number of thiophene rings is 1. The molecule has 7 heteroatoms. The summed E-state index contributed by atoms with van der Waals surface area (Å²) in [6, 6.07) is 6.45. The van der Waals surface area contributed by atoms with E-state index in [0.29, 0.717) is 21.2 Å². The van der Waals surface area contributed by atoms with Crippen LogP contribution < -0.4 is 0 Å². The number of hydrogen-bond donors (Lipinski definition) is 0. The van der Waals surface area contributed by atoms with Crippen molar-refractivity contribution >= 4 is 39.8 Å². The number of benzene rings is 1. The second kappa shape index (κ2) is 6.49. The highest BCUT2D eigenvalue weighted by Gasteiger charge is 2.20. The van der Waals surface area contributed by atoms with Crippen molar-refractivity contribution in [3.05, 3.63) is 54.9 Å². The number of aryl methyl sites for hydroxylation is 1. The Hall–Kier alpha value is -2.23. The molecule has 0 bridgehead atoms. The quantitative estimate of drug-likeness (QED) is 0.454. The smallest absolute Gasteiger partial charge is 0.258 e. The van der Waals surface area contributed by atoms with E-state index < -0.39 is 4.92 Å². The lowest BCUT2D eigenvalue weighted by molar-refractivity contribution is -0.384. The molecular weight excluding hydrogens is 334 g/mol. The fourth-order valence-corrected chi connectivity index (χ4v) is 3.98. The highest BCUT2D eigenvalue weighted by Crippen LogP contribution is 2.39. The Morgan fingerprint density at radius 1 is 1.39 bits per heavy atom. The summed E-state index contributed by atoms with van der Waals surface area (Å²) in [5, 5.41) is 21.3. The van der Waals surface area contributed by atoms with Crippen molar-refractivity contribution in [1.29, 1.82) is 5.26 Å². The molecule has 0 spiro atoms. The van der Waals surface area contributed by atoms with Crippen molar-refractivity contribution in [3.8, 4) is 6.07 Å². The number of nitrogens with zero attached hydrogens (tertiary/aromatic N) is 3. The lowest BCUT2D eigenvalue weighted by atomic mass is 9.96. The van der Waals surface area contributed by atoms with Crippen LogP contribution in [0.4, 0.5) is 10.7 Å². The molecule has 1 aliphatic rings. The summed E-state index contributed by atoms with van der Waals surface area (Å²) in [5.41, 5.74) is 2.17. The van der Waals surface area contributed by atoms with Crippen molar-refractivity contribution in [1.82, 2.24) is 0 Å². The fraction of sp³-hybridized carbons (Fsp3) is 0.250. The van der Waals surface area contributed by atoms with E-state index in [1.165, 1.54) is 40.6 Å². The Labute approximate surface area is 142 Å². The average Bonchev–Trinajstić information content (AvgIpc) is 2.91. The van der Waals surface area contributed by atoms with Gasteiger partial charge in [0.2, 0.25) is 0 Å². The number of halogens is 1. The van der Waals surface area contributed by atoms with E-state index >= 15 is 0 Å². The lowest BCUT2D eigenvalue weighted by Crippen LogP contribution is -1.99.